The summed E-state index contributed by atoms with van der Waals surface area (Å²) in [4.78, 5) is 4.52. The van der Waals surface area contributed by atoms with Crippen molar-refractivity contribution in [2.45, 2.75) is 13.5 Å². The molecule has 0 saturated heterocycles. The van der Waals surface area contributed by atoms with Gasteiger partial charge in [-0.3, -0.25) is 4.98 Å². The third kappa shape index (κ3) is 2.00. The molecule has 0 saturated carbocycles. The Bertz CT molecular complexity index is 701. The Hall–Kier alpha value is -1.80. The number of para-hydroxylation sites is 1. The van der Waals surface area contributed by atoms with E-state index in [4.69, 9.17) is 11.6 Å². The van der Waals surface area contributed by atoms with E-state index in [2.05, 4.69) is 27.9 Å². The molecule has 90 valence electrons. The minimum atomic E-state index is 0.745. The zero-order chi connectivity index (χ0) is 12.5. The van der Waals surface area contributed by atoms with Gasteiger partial charge in [-0.2, -0.15) is 0 Å². The number of hydrogen-bond donors (Lipinski definition) is 0. The van der Waals surface area contributed by atoms with Gasteiger partial charge < -0.3 is 4.57 Å². The fraction of sp³-hybridized carbons (Fsp3) is 0.133. The van der Waals surface area contributed by atoms with Crippen LogP contribution in [0.15, 0.2) is 48.7 Å². The summed E-state index contributed by atoms with van der Waals surface area (Å²) in [5.41, 5.74) is 3.16. The first-order valence-electron chi connectivity index (χ1n) is 5.90. The molecule has 0 amide bonds. The fourth-order valence-electron chi connectivity index (χ4n) is 2.21. The second-order valence-electron chi connectivity index (χ2n) is 4.39. The van der Waals surface area contributed by atoms with Gasteiger partial charge in [0.2, 0.25) is 0 Å². The molecular weight excluding hydrogens is 244 g/mol. The van der Waals surface area contributed by atoms with E-state index in [-0.39, 0.29) is 0 Å². The van der Waals surface area contributed by atoms with E-state index in [0.717, 1.165) is 33.9 Å². The number of halogens is 1. The van der Waals surface area contributed by atoms with Crippen LogP contribution in [-0.2, 0) is 6.54 Å². The van der Waals surface area contributed by atoms with Gasteiger partial charge in [0.15, 0.2) is 0 Å². The van der Waals surface area contributed by atoms with E-state index in [9.17, 15) is 0 Å². The van der Waals surface area contributed by atoms with E-state index >= 15 is 0 Å². The van der Waals surface area contributed by atoms with Crippen LogP contribution in [0.1, 0.15) is 11.4 Å². The molecule has 3 heteroatoms. The van der Waals surface area contributed by atoms with E-state index in [1.54, 1.807) is 0 Å². The van der Waals surface area contributed by atoms with E-state index in [1.165, 1.54) is 0 Å². The van der Waals surface area contributed by atoms with Crippen molar-refractivity contribution in [3.05, 3.63) is 65.1 Å². The highest BCUT2D eigenvalue weighted by atomic mass is 35.5. The highest BCUT2D eigenvalue weighted by Gasteiger charge is 2.05. The summed E-state index contributed by atoms with van der Waals surface area (Å²) in [6.45, 7) is 2.75. The predicted molar refractivity (Wildman–Crippen MR) is 75.0 cm³/mol. The molecule has 2 aromatic heterocycles. The van der Waals surface area contributed by atoms with Gasteiger partial charge in [-0.05, 0) is 31.2 Å². The van der Waals surface area contributed by atoms with Gasteiger partial charge in [0.25, 0.3) is 0 Å². The molecule has 0 aliphatic carbocycles. The average molecular weight is 257 g/mol. The fourth-order valence-corrected chi connectivity index (χ4v) is 2.50. The molecule has 2 heterocycles. The largest absolute Gasteiger partial charge is 0.340 e. The number of fused-ring (bicyclic) bond motifs is 1. The third-order valence-electron chi connectivity index (χ3n) is 3.02. The van der Waals surface area contributed by atoms with Crippen molar-refractivity contribution >= 4 is 22.5 Å². The lowest BCUT2D eigenvalue weighted by molar-refractivity contribution is 0.803. The number of hydrogen-bond acceptors (Lipinski definition) is 1. The molecule has 0 aliphatic rings. The Morgan fingerprint density at radius 1 is 1.11 bits per heavy atom. The highest BCUT2D eigenvalue weighted by molar-refractivity contribution is 6.35. The van der Waals surface area contributed by atoms with E-state index in [0.29, 0.717) is 0 Å². The van der Waals surface area contributed by atoms with Crippen molar-refractivity contribution in [2.75, 3.05) is 0 Å². The predicted octanol–water partition coefficient (Wildman–Crippen LogP) is 4.05. The summed E-state index contributed by atoms with van der Waals surface area (Å²) in [6, 6.07) is 14.1. The molecule has 0 fully saturated rings. The normalized spacial score (nSPS) is 11.0. The Labute approximate surface area is 111 Å². The van der Waals surface area contributed by atoms with Crippen LogP contribution >= 0.6 is 11.6 Å². The maximum Gasteiger partial charge on any atom is 0.0673 e. The molecular formula is C15H13ClN2. The molecule has 0 radical (unpaired) electrons. The monoisotopic (exact) mass is 256 g/mol. The Balaban J connectivity index is 2.05. The molecule has 18 heavy (non-hydrogen) atoms. The number of pyridine rings is 1. The molecule has 0 bridgehead atoms. The SMILES string of the molecule is Cc1cccc(Cn2ccc3cccc(Cl)c32)n1. The first-order valence-corrected chi connectivity index (χ1v) is 6.28. The molecule has 0 unspecified atom stereocenters. The Kier molecular flexibility index (Phi) is 2.80. The number of benzene rings is 1. The van der Waals surface area contributed by atoms with Crippen molar-refractivity contribution in [3.8, 4) is 0 Å². The van der Waals surface area contributed by atoms with Crippen LogP contribution in [0.5, 0.6) is 0 Å². The van der Waals surface area contributed by atoms with Crippen LogP contribution < -0.4 is 0 Å². The number of rotatable bonds is 2. The zero-order valence-electron chi connectivity index (χ0n) is 10.1. The van der Waals surface area contributed by atoms with Crippen molar-refractivity contribution in [2.24, 2.45) is 0 Å². The van der Waals surface area contributed by atoms with Crippen LogP contribution in [0.3, 0.4) is 0 Å². The second-order valence-corrected chi connectivity index (χ2v) is 4.80. The first-order chi connectivity index (χ1) is 8.74. The lowest BCUT2D eigenvalue weighted by Gasteiger charge is -2.07. The number of aryl methyl sites for hydroxylation is 1. The standard InChI is InChI=1S/C15H13ClN2/c1-11-4-2-6-13(17-11)10-18-9-8-12-5-3-7-14(16)15(12)18/h2-9H,10H2,1H3. The average Bonchev–Trinajstić information content (AvgIpc) is 2.74. The van der Waals surface area contributed by atoms with Gasteiger partial charge in [-0.25, -0.2) is 0 Å². The van der Waals surface area contributed by atoms with Crippen molar-refractivity contribution in [1.29, 1.82) is 0 Å². The Morgan fingerprint density at radius 3 is 2.78 bits per heavy atom. The van der Waals surface area contributed by atoms with Crippen LogP contribution in [0, 0.1) is 6.92 Å². The zero-order valence-corrected chi connectivity index (χ0v) is 10.9. The molecule has 0 N–H and O–H groups in total. The second kappa shape index (κ2) is 4.46. The molecule has 0 atom stereocenters. The lowest BCUT2D eigenvalue weighted by Crippen LogP contribution is -2.01. The minimum Gasteiger partial charge on any atom is -0.340 e. The highest BCUT2D eigenvalue weighted by Crippen LogP contribution is 2.24. The van der Waals surface area contributed by atoms with Crippen LogP contribution in [0.2, 0.25) is 5.02 Å². The van der Waals surface area contributed by atoms with Gasteiger partial charge in [0, 0.05) is 17.3 Å². The van der Waals surface area contributed by atoms with Crippen LogP contribution in [0.25, 0.3) is 10.9 Å². The quantitative estimate of drug-likeness (QED) is 0.676. The number of nitrogens with zero attached hydrogens (tertiary/aromatic N) is 2. The molecule has 2 nitrogen and oxygen atoms in total. The summed E-state index contributed by atoms with van der Waals surface area (Å²) < 4.78 is 2.14. The van der Waals surface area contributed by atoms with E-state index in [1.807, 2.05) is 37.3 Å². The molecule has 0 aliphatic heterocycles. The van der Waals surface area contributed by atoms with Gasteiger partial charge >= 0.3 is 0 Å². The van der Waals surface area contributed by atoms with Crippen molar-refractivity contribution < 1.29 is 0 Å². The summed E-state index contributed by atoms with van der Waals surface area (Å²) in [6.07, 6.45) is 2.06. The van der Waals surface area contributed by atoms with Gasteiger partial charge in [0.05, 0.1) is 22.8 Å². The molecule has 3 rings (SSSR count). The summed E-state index contributed by atoms with van der Waals surface area (Å²) in [7, 11) is 0. The van der Waals surface area contributed by atoms with Gasteiger partial charge in [0.1, 0.15) is 0 Å². The van der Waals surface area contributed by atoms with Crippen LogP contribution in [-0.4, -0.2) is 9.55 Å². The smallest absolute Gasteiger partial charge is 0.0673 e. The first kappa shape index (κ1) is 11.3. The van der Waals surface area contributed by atoms with Gasteiger partial charge in [-0.1, -0.05) is 29.8 Å². The minimum absolute atomic E-state index is 0.745. The van der Waals surface area contributed by atoms with Crippen molar-refractivity contribution in [1.82, 2.24) is 9.55 Å². The maximum atomic E-state index is 6.26. The van der Waals surface area contributed by atoms with E-state index < -0.39 is 0 Å². The molecule has 3 aromatic rings. The maximum absolute atomic E-state index is 6.26. The van der Waals surface area contributed by atoms with Gasteiger partial charge in [-0.15, -0.1) is 0 Å². The number of aromatic nitrogens is 2. The molecule has 0 spiro atoms. The summed E-state index contributed by atoms with van der Waals surface area (Å²) in [5, 5.41) is 1.94. The van der Waals surface area contributed by atoms with Crippen LogP contribution in [0.4, 0.5) is 0 Å². The summed E-state index contributed by atoms with van der Waals surface area (Å²) >= 11 is 6.26. The lowest BCUT2D eigenvalue weighted by atomic mass is 10.2. The topological polar surface area (TPSA) is 17.8 Å². The van der Waals surface area contributed by atoms with Crippen molar-refractivity contribution in [3.63, 3.8) is 0 Å². The molecule has 1 aromatic carbocycles. The summed E-state index contributed by atoms with van der Waals surface area (Å²) in [5.74, 6) is 0. The third-order valence-corrected chi connectivity index (χ3v) is 3.32. The Morgan fingerprint density at radius 2 is 1.94 bits per heavy atom.